The number of hydrogen-bond acceptors (Lipinski definition) is 2. The molecule has 148 valence electrons. The number of hydrogen-bond donors (Lipinski definition) is 0. The first-order chi connectivity index (χ1) is 12.3. The summed E-state index contributed by atoms with van der Waals surface area (Å²) in [5.74, 6) is 0. The second-order valence-corrected chi connectivity index (χ2v) is 7.93. The Balaban J connectivity index is 2.20. The van der Waals surface area contributed by atoms with Crippen LogP contribution in [-0.4, -0.2) is 29.1 Å². The second-order valence-electron chi connectivity index (χ2n) is 7.93. The van der Waals surface area contributed by atoms with Gasteiger partial charge in [-0.15, -0.1) is 0 Å². The van der Waals surface area contributed by atoms with E-state index < -0.39 is 0 Å². The van der Waals surface area contributed by atoms with Crippen LogP contribution < -0.4 is 0 Å². The standard InChI is InChI=1S/C23H46N2/c1-4-7-10-11-12-13-14-15-16-18-23-24(19-9-6-3)21-22-25(23)20-17-8-5-2/h21-23H,4-20H2,1-3H3. The lowest BCUT2D eigenvalue weighted by atomic mass is 10.1. The van der Waals surface area contributed by atoms with Gasteiger partial charge in [0, 0.05) is 25.5 Å². The summed E-state index contributed by atoms with van der Waals surface area (Å²) in [5.41, 5.74) is 0. The van der Waals surface area contributed by atoms with E-state index in [1.54, 1.807) is 0 Å². The highest BCUT2D eigenvalue weighted by atomic mass is 15.4. The summed E-state index contributed by atoms with van der Waals surface area (Å²) in [6.45, 7) is 9.38. The third-order valence-electron chi connectivity index (χ3n) is 5.57. The summed E-state index contributed by atoms with van der Waals surface area (Å²) in [7, 11) is 0. The molecule has 0 aromatic rings. The molecular weight excluding hydrogens is 304 g/mol. The van der Waals surface area contributed by atoms with Gasteiger partial charge in [0.2, 0.25) is 0 Å². The molecule has 2 heteroatoms. The van der Waals surface area contributed by atoms with E-state index >= 15 is 0 Å². The van der Waals surface area contributed by atoms with Crippen molar-refractivity contribution in [3.63, 3.8) is 0 Å². The first-order valence-electron chi connectivity index (χ1n) is 11.5. The zero-order valence-electron chi connectivity index (χ0n) is 17.6. The zero-order valence-corrected chi connectivity index (χ0v) is 17.6. The van der Waals surface area contributed by atoms with Crippen molar-refractivity contribution in [1.29, 1.82) is 0 Å². The van der Waals surface area contributed by atoms with Crippen LogP contribution in [0, 0.1) is 0 Å². The third-order valence-corrected chi connectivity index (χ3v) is 5.57. The monoisotopic (exact) mass is 350 g/mol. The van der Waals surface area contributed by atoms with Gasteiger partial charge >= 0.3 is 0 Å². The maximum absolute atomic E-state index is 2.62. The normalized spacial score (nSPS) is 17.0. The van der Waals surface area contributed by atoms with Gasteiger partial charge in [-0.25, -0.2) is 0 Å². The second kappa shape index (κ2) is 15.6. The molecule has 0 aliphatic carbocycles. The zero-order chi connectivity index (χ0) is 18.2. The maximum Gasteiger partial charge on any atom is 0.101 e. The molecule has 0 radical (unpaired) electrons. The minimum absolute atomic E-state index is 0.646. The average Bonchev–Trinajstić information content (AvgIpc) is 3.00. The predicted molar refractivity (Wildman–Crippen MR) is 113 cm³/mol. The van der Waals surface area contributed by atoms with Crippen LogP contribution in [0.15, 0.2) is 12.4 Å². The Hall–Kier alpha value is -0.660. The molecule has 1 atom stereocenters. The number of rotatable bonds is 17. The Morgan fingerprint density at radius 3 is 1.52 bits per heavy atom. The first kappa shape index (κ1) is 22.4. The Labute approximate surface area is 159 Å². The molecule has 1 aliphatic heterocycles. The lowest BCUT2D eigenvalue weighted by molar-refractivity contribution is 0.136. The molecule has 1 rings (SSSR count). The fraction of sp³-hybridized carbons (Fsp3) is 0.913. The van der Waals surface area contributed by atoms with Crippen LogP contribution in [0.5, 0.6) is 0 Å². The summed E-state index contributed by atoms with van der Waals surface area (Å²) in [5, 5.41) is 0. The predicted octanol–water partition coefficient (Wildman–Crippen LogP) is 7.31. The van der Waals surface area contributed by atoms with Gasteiger partial charge in [-0.3, -0.25) is 0 Å². The maximum atomic E-state index is 2.62. The molecule has 1 unspecified atom stereocenters. The summed E-state index contributed by atoms with van der Waals surface area (Å²) >= 11 is 0. The van der Waals surface area contributed by atoms with Crippen LogP contribution in [0.1, 0.15) is 117 Å². The van der Waals surface area contributed by atoms with Gasteiger partial charge in [0.1, 0.15) is 6.17 Å². The van der Waals surface area contributed by atoms with Crippen molar-refractivity contribution in [3.8, 4) is 0 Å². The molecule has 0 bridgehead atoms. The minimum Gasteiger partial charge on any atom is -0.356 e. The van der Waals surface area contributed by atoms with Crippen LogP contribution >= 0.6 is 0 Å². The molecule has 0 amide bonds. The van der Waals surface area contributed by atoms with Crippen molar-refractivity contribution in [3.05, 3.63) is 12.4 Å². The molecule has 0 saturated heterocycles. The summed E-state index contributed by atoms with van der Waals surface area (Å²) in [4.78, 5) is 5.23. The molecule has 25 heavy (non-hydrogen) atoms. The van der Waals surface area contributed by atoms with Crippen LogP contribution in [0.25, 0.3) is 0 Å². The van der Waals surface area contributed by atoms with E-state index in [4.69, 9.17) is 0 Å². The number of unbranched alkanes of at least 4 members (excludes halogenated alkanes) is 11. The number of nitrogens with zero attached hydrogens (tertiary/aromatic N) is 2. The molecule has 0 saturated carbocycles. The van der Waals surface area contributed by atoms with Gasteiger partial charge in [0.05, 0.1) is 0 Å². The highest BCUT2D eigenvalue weighted by Gasteiger charge is 2.24. The van der Waals surface area contributed by atoms with Crippen molar-refractivity contribution < 1.29 is 0 Å². The Morgan fingerprint density at radius 2 is 0.960 bits per heavy atom. The highest BCUT2D eigenvalue weighted by molar-refractivity contribution is 4.96. The SMILES string of the molecule is CCCCCCCCCCCC1N(CCCC)C=CN1CCCCC. The van der Waals surface area contributed by atoms with E-state index in [1.807, 2.05) is 0 Å². The topological polar surface area (TPSA) is 6.48 Å². The van der Waals surface area contributed by atoms with Crippen molar-refractivity contribution >= 4 is 0 Å². The van der Waals surface area contributed by atoms with E-state index in [0.29, 0.717) is 6.17 Å². The van der Waals surface area contributed by atoms with Gasteiger partial charge in [-0.2, -0.15) is 0 Å². The largest absolute Gasteiger partial charge is 0.356 e. The quantitative estimate of drug-likeness (QED) is 0.254. The first-order valence-corrected chi connectivity index (χ1v) is 11.5. The minimum atomic E-state index is 0.646. The smallest absolute Gasteiger partial charge is 0.101 e. The van der Waals surface area contributed by atoms with Crippen LogP contribution in [-0.2, 0) is 0 Å². The van der Waals surface area contributed by atoms with Gasteiger partial charge in [0.15, 0.2) is 0 Å². The molecule has 0 N–H and O–H groups in total. The summed E-state index contributed by atoms with van der Waals surface area (Å²) in [6, 6.07) is 0. The van der Waals surface area contributed by atoms with Gasteiger partial charge in [-0.1, -0.05) is 91.4 Å². The highest BCUT2D eigenvalue weighted by Crippen LogP contribution is 2.23. The van der Waals surface area contributed by atoms with Crippen LogP contribution in [0.4, 0.5) is 0 Å². The molecule has 1 aliphatic rings. The Bertz CT molecular complexity index is 313. The lowest BCUT2D eigenvalue weighted by Gasteiger charge is -2.33. The summed E-state index contributed by atoms with van der Waals surface area (Å²) in [6.07, 6.45) is 26.2. The van der Waals surface area contributed by atoms with Gasteiger partial charge < -0.3 is 9.80 Å². The van der Waals surface area contributed by atoms with E-state index in [0.717, 1.165) is 0 Å². The molecule has 0 fully saturated rings. The molecule has 0 spiro atoms. The van der Waals surface area contributed by atoms with Crippen LogP contribution in [0.3, 0.4) is 0 Å². The third kappa shape index (κ3) is 10.2. The van der Waals surface area contributed by atoms with Crippen molar-refractivity contribution in [1.82, 2.24) is 9.80 Å². The molecule has 0 aromatic carbocycles. The van der Waals surface area contributed by atoms with Crippen LogP contribution in [0.2, 0.25) is 0 Å². The van der Waals surface area contributed by atoms with E-state index in [1.165, 1.54) is 109 Å². The molecular formula is C23H46N2. The molecule has 0 aromatic heterocycles. The summed E-state index contributed by atoms with van der Waals surface area (Å²) < 4.78 is 0. The van der Waals surface area contributed by atoms with Crippen molar-refractivity contribution in [2.45, 2.75) is 123 Å². The van der Waals surface area contributed by atoms with Gasteiger partial charge in [-0.05, 0) is 25.7 Å². The molecule has 1 heterocycles. The van der Waals surface area contributed by atoms with Gasteiger partial charge in [0.25, 0.3) is 0 Å². The molecule has 2 nitrogen and oxygen atoms in total. The average molecular weight is 351 g/mol. The van der Waals surface area contributed by atoms with E-state index in [9.17, 15) is 0 Å². The van der Waals surface area contributed by atoms with Crippen molar-refractivity contribution in [2.24, 2.45) is 0 Å². The van der Waals surface area contributed by atoms with E-state index in [2.05, 4.69) is 43.0 Å². The van der Waals surface area contributed by atoms with Crippen molar-refractivity contribution in [2.75, 3.05) is 13.1 Å². The Morgan fingerprint density at radius 1 is 0.520 bits per heavy atom. The van der Waals surface area contributed by atoms with E-state index in [-0.39, 0.29) is 0 Å². The lowest BCUT2D eigenvalue weighted by Crippen LogP contribution is -2.39. The fourth-order valence-corrected chi connectivity index (χ4v) is 3.86. The fourth-order valence-electron chi connectivity index (χ4n) is 3.86. The Kier molecular flexibility index (Phi) is 14.0.